The first kappa shape index (κ1) is 12.5. The molecule has 1 N–H and O–H groups in total. The lowest BCUT2D eigenvalue weighted by Crippen LogP contribution is -2.34. The van der Waals surface area contributed by atoms with Gasteiger partial charge in [-0.2, -0.15) is 0 Å². The van der Waals surface area contributed by atoms with Gasteiger partial charge in [-0.25, -0.2) is 0 Å². The van der Waals surface area contributed by atoms with Crippen LogP contribution in [0.4, 0.5) is 0 Å². The molecule has 0 aromatic carbocycles. The topological polar surface area (TPSA) is 29.1 Å². The molecule has 78 valence electrons. The van der Waals surface area contributed by atoms with Gasteiger partial charge >= 0.3 is 0 Å². The summed E-state index contributed by atoms with van der Waals surface area (Å²) in [5, 5.41) is 2.94. The molecule has 0 heterocycles. The Morgan fingerprint density at radius 3 is 2.31 bits per heavy atom. The van der Waals surface area contributed by atoms with E-state index in [9.17, 15) is 4.79 Å². The van der Waals surface area contributed by atoms with Gasteiger partial charge in [-0.3, -0.25) is 4.79 Å². The van der Waals surface area contributed by atoms with Gasteiger partial charge in [-0.05, 0) is 17.8 Å². The Morgan fingerprint density at radius 2 is 1.92 bits per heavy atom. The van der Waals surface area contributed by atoms with Crippen molar-refractivity contribution in [1.29, 1.82) is 0 Å². The van der Waals surface area contributed by atoms with Crippen LogP contribution in [-0.4, -0.2) is 12.5 Å². The summed E-state index contributed by atoms with van der Waals surface area (Å²) in [6, 6.07) is 0. The lowest BCUT2D eigenvalue weighted by Gasteiger charge is -2.26. The highest BCUT2D eigenvalue weighted by Gasteiger charge is 2.19. The third kappa shape index (κ3) is 6.62. The number of nitrogens with one attached hydrogen (secondary N) is 1. The maximum absolute atomic E-state index is 11.0. The summed E-state index contributed by atoms with van der Waals surface area (Å²) in [4.78, 5) is 11.0. The van der Waals surface area contributed by atoms with Gasteiger partial charge in [0.25, 0.3) is 0 Å². The van der Waals surface area contributed by atoms with Crippen LogP contribution in [0.5, 0.6) is 0 Å². The second-order valence-corrected chi connectivity index (χ2v) is 4.89. The van der Waals surface area contributed by atoms with Crippen molar-refractivity contribution in [2.75, 3.05) is 6.54 Å². The molecule has 0 aliphatic heterocycles. The molecule has 0 aromatic heterocycles. The molecular formula is C11H23NO. The predicted molar refractivity (Wildman–Crippen MR) is 56.5 cm³/mol. The van der Waals surface area contributed by atoms with Gasteiger partial charge in [-0.1, -0.05) is 34.6 Å². The maximum atomic E-state index is 11.0. The van der Waals surface area contributed by atoms with Crippen molar-refractivity contribution in [3.05, 3.63) is 0 Å². The molecule has 0 radical (unpaired) electrons. The summed E-state index contributed by atoms with van der Waals surface area (Å²) in [5.41, 5.74) is 0.221. The van der Waals surface area contributed by atoms with Gasteiger partial charge < -0.3 is 5.32 Å². The SMILES string of the molecule is CCC(=O)NCC(C)(C)CC(C)C. The lowest BCUT2D eigenvalue weighted by atomic mass is 9.84. The number of hydrogen-bond acceptors (Lipinski definition) is 1. The zero-order valence-electron chi connectivity index (χ0n) is 9.61. The van der Waals surface area contributed by atoms with Gasteiger partial charge in [0, 0.05) is 13.0 Å². The Bertz CT molecular complexity index is 161. The molecule has 2 nitrogen and oxygen atoms in total. The van der Waals surface area contributed by atoms with E-state index in [2.05, 4.69) is 33.0 Å². The molecule has 0 rings (SSSR count). The summed E-state index contributed by atoms with van der Waals surface area (Å²) in [6.45, 7) is 11.5. The molecule has 0 unspecified atom stereocenters. The number of rotatable bonds is 5. The second-order valence-electron chi connectivity index (χ2n) is 4.89. The molecule has 0 aliphatic rings. The molecule has 0 spiro atoms. The van der Waals surface area contributed by atoms with E-state index < -0.39 is 0 Å². The van der Waals surface area contributed by atoms with Gasteiger partial charge in [-0.15, -0.1) is 0 Å². The molecule has 13 heavy (non-hydrogen) atoms. The van der Waals surface area contributed by atoms with Crippen LogP contribution in [0, 0.1) is 11.3 Å². The summed E-state index contributed by atoms with van der Waals surface area (Å²) in [7, 11) is 0. The molecule has 2 heteroatoms. The van der Waals surface area contributed by atoms with Crippen molar-refractivity contribution < 1.29 is 4.79 Å². The van der Waals surface area contributed by atoms with E-state index in [-0.39, 0.29) is 11.3 Å². The van der Waals surface area contributed by atoms with E-state index in [1.807, 2.05) is 6.92 Å². The van der Waals surface area contributed by atoms with E-state index >= 15 is 0 Å². The van der Waals surface area contributed by atoms with E-state index in [4.69, 9.17) is 0 Å². The largest absolute Gasteiger partial charge is 0.356 e. The smallest absolute Gasteiger partial charge is 0.219 e. The van der Waals surface area contributed by atoms with Gasteiger partial charge in [0.15, 0.2) is 0 Å². The van der Waals surface area contributed by atoms with Crippen molar-refractivity contribution >= 4 is 5.91 Å². The first-order valence-electron chi connectivity index (χ1n) is 5.14. The van der Waals surface area contributed by atoms with Crippen LogP contribution in [0.2, 0.25) is 0 Å². The summed E-state index contributed by atoms with van der Waals surface area (Å²) in [6.07, 6.45) is 1.73. The number of hydrogen-bond donors (Lipinski definition) is 1. The standard InChI is InChI=1S/C11H23NO/c1-6-10(13)12-8-11(4,5)7-9(2)3/h9H,6-8H2,1-5H3,(H,12,13). The monoisotopic (exact) mass is 185 g/mol. The lowest BCUT2D eigenvalue weighted by molar-refractivity contribution is -0.121. The predicted octanol–water partition coefficient (Wildman–Crippen LogP) is 2.58. The molecule has 0 saturated carbocycles. The van der Waals surface area contributed by atoms with Crippen molar-refractivity contribution in [3.63, 3.8) is 0 Å². The van der Waals surface area contributed by atoms with E-state index in [1.165, 1.54) is 0 Å². The van der Waals surface area contributed by atoms with Crippen molar-refractivity contribution in [1.82, 2.24) is 5.32 Å². The number of carbonyl (C=O) groups excluding carboxylic acids is 1. The van der Waals surface area contributed by atoms with Crippen molar-refractivity contribution in [2.24, 2.45) is 11.3 Å². The third-order valence-electron chi connectivity index (χ3n) is 2.05. The van der Waals surface area contributed by atoms with Crippen LogP contribution in [0.15, 0.2) is 0 Å². The van der Waals surface area contributed by atoms with Crippen LogP contribution in [0.3, 0.4) is 0 Å². The number of carbonyl (C=O) groups is 1. The summed E-state index contributed by atoms with van der Waals surface area (Å²) < 4.78 is 0. The molecule has 1 amide bonds. The highest BCUT2D eigenvalue weighted by atomic mass is 16.1. The van der Waals surface area contributed by atoms with E-state index in [1.54, 1.807) is 0 Å². The average molecular weight is 185 g/mol. The van der Waals surface area contributed by atoms with Crippen LogP contribution in [0.25, 0.3) is 0 Å². The molecule has 0 fully saturated rings. The normalized spacial score (nSPS) is 11.8. The van der Waals surface area contributed by atoms with Crippen molar-refractivity contribution in [2.45, 2.75) is 47.5 Å². The molecular weight excluding hydrogens is 162 g/mol. The molecule has 0 aromatic rings. The highest BCUT2D eigenvalue weighted by molar-refractivity contribution is 5.75. The second kappa shape index (κ2) is 5.25. The Labute approximate surface area is 82.1 Å². The highest BCUT2D eigenvalue weighted by Crippen LogP contribution is 2.23. The van der Waals surface area contributed by atoms with Crippen LogP contribution in [0.1, 0.15) is 47.5 Å². The van der Waals surface area contributed by atoms with Crippen LogP contribution < -0.4 is 5.32 Å². The zero-order valence-corrected chi connectivity index (χ0v) is 9.61. The van der Waals surface area contributed by atoms with Gasteiger partial charge in [0.05, 0.1) is 0 Å². The summed E-state index contributed by atoms with van der Waals surface area (Å²) in [5.74, 6) is 0.838. The quantitative estimate of drug-likeness (QED) is 0.701. The zero-order chi connectivity index (χ0) is 10.5. The Kier molecular flexibility index (Phi) is 5.04. The fourth-order valence-corrected chi connectivity index (χ4v) is 1.64. The Morgan fingerprint density at radius 1 is 1.38 bits per heavy atom. The van der Waals surface area contributed by atoms with Crippen LogP contribution in [-0.2, 0) is 4.79 Å². The van der Waals surface area contributed by atoms with Gasteiger partial charge in [0.1, 0.15) is 0 Å². The molecule has 0 aliphatic carbocycles. The number of amides is 1. The molecule has 0 atom stereocenters. The third-order valence-corrected chi connectivity index (χ3v) is 2.05. The molecule has 0 saturated heterocycles. The first-order chi connectivity index (χ1) is 5.87. The minimum atomic E-state index is 0.150. The summed E-state index contributed by atoms with van der Waals surface area (Å²) >= 11 is 0. The fourth-order valence-electron chi connectivity index (χ4n) is 1.64. The Hall–Kier alpha value is -0.530. The van der Waals surface area contributed by atoms with Gasteiger partial charge in [0.2, 0.25) is 5.91 Å². The Balaban J connectivity index is 3.81. The first-order valence-corrected chi connectivity index (χ1v) is 5.14. The maximum Gasteiger partial charge on any atom is 0.219 e. The minimum absolute atomic E-state index is 0.150. The average Bonchev–Trinajstić information content (AvgIpc) is 1.98. The van der Waals surface area contributed by atoms with E-state index in [0.717, 1.165) is 13.0 Å². The van der Waals surface area contributed by atoms with E-state index in [0.29, 0.717) is 12.3 Å². The van der Waals surface area contributed by atoms with Crippen LogP contribution >= 0.6 is 0 Å². The minimum Gasteiger partial charge on any atom is -0.356 e. The fraction of sp³-hybridized carbons (Fsp3) is 0.909. The van der Waals surface area contributed by atoms with Crippen molar-refractivity contribution in [3.8, 4) is 0 Å². The molecule has 0 bridgehead atoms.